The first-order valence-electron chi connectivity index (χ1n) is 10.5. The lowest BCUT2D eigenvalue weighted by molar-refractivity contribution is -0.644. The molecule has 0 saturated carbocycles. The molecule has 154 valence electrons. The largest absolute Gasteiger partial charge is 0.361 e. The average molecular weight is 419 g/mol. The van der Waals surface area contributed by atoms with Crippen LogP contribution in [0.5, 0.6) is 0 Å². The molecule has 2 aromatic heterocycles. The third-order valence-corrected chi connectivity index (χ3v) is 6.61. The van der Waals surface area contributed by atoms with Crippen LogP contribution in [0, 0.1) is 6.92 Å². The van der Waals surface area contributed by atoms with E-state index in [0.29, 0.717) is 6.54 Å². The Hall–Kier alpha value is -2.89. The van der Waals surface area contributed by atoms with E-state index in [-0.39, 0.29) is 11.8 Å². The molecule has 0 spiro atoms. The van der Waals surface area contributed by atoms with Gasteiger partial charge in [0.1, 0.15) is 0 Å². The second-order valence-corrected chi connectivity index (χ2v) is 8.58. The van der Waals surface area contributed by atoms with Gasteiger partial charge in [-0.15, -0.1) is 11.3 Å². The van der Waals surface area contributed by atoms with E-state index < -0.39 is 0 Å². The normalized spacial score (nSPS) is 12.2. The van der Waals surface area contributed by atoms with Crippen molar-refractivity contribution in [2.75, 3.05) is 18.4 Å². The Morgan fingerprint density at radius 1 is 1.13 bits per heavy atom. The van der Waals surface area contributed by atoms with Crippen molar-refractivity contribution in [3.63, 3.8) is 0 Å². The van der Waals surface area contributed by atoms with Crippen molar-refractivity contribution in [2.45, 2.75) is 26.2 Å². The molecular formula is C25H28N3OS+. The first-order valence-corrected chi connectivity index (χ1v) is 11.3. The second kappa shape index (κ2) is 9.28. The van der Waals surface area contributed by atoms with Crippen molar-refractivity contribution in [1.82, 2.24) is 4.98 Å². The monoisotopic (exact) mass is 418 g/mol. The highest BCUT2D eigenvalue weighted by molar-refractivity contribution is 7.10. The maximum absolute atomic E-state index is 12.7. The number of hydrogen-bond acceptors (Lipinski definition) is 2. The molecule has 0 bridgehead atoms. The Kier molecular flexibility index (Phi) is 6.31. The van der Waals surface area contributed by atoms with E-state index in [0.717, 1.165) is 29.7 Å². The summed E-state index contributed by atoms with van der Waals surface area (Å²) in [5.74, 6) is 0.293. The van der Waals surface area contributed by atoms with Crippen LogP contribution in [0.3, 0.4) is 0 Å². The van der Waals surface area contributed by atoms with Crippen LogP contribution in [0.1, 0.15) is 34.4 Å². The molecule has 0 unspecified atom stereocenters. The first kappa shape index (κ1) is 20.4. The summed E-state index contributed by atoms with van der Waals surface area (Å²) in [6.07, 6.45) is 3.02. The zero-order chi connectivity index (χ0) is 20.9. The van der Waals surface area contributed by atoms with E-state index in [2.05, 4.69) is 76.6 Å². The van der Waals surface area contributed by atoms with Gasteiger partial charge in [0.2, 0.25) is 0 Å². The second-order valence-electron chi connectivity index (χ2n) is 7.60. The quantitative estimate of drug-likeness (QED) is 0.389. The molecule has 4 rings (SSSR count). The van der Waals surface area contributed by atoms with Gasteiger partial charge in [-0.2, -0.15) is 0 Å². The van der Waals surface area contributed by atoms with E-state index in [1.165, 1.54) is 21.4 Å². The van der Waals surface area contributed by atoms with E-state index in [9.17, 15) is 4.79 Å². The Balaban J connectivity index is 1.46. The van der Waals surface area contributed by atoms with Crippen LogP contribution < -0.4 is 10.6 Å². The summed E-state index contributed by atoms with van der Waals surface area (Å²) >= 11 is 1.77. The molecule has 0 saturated heterocycles. The summed E-state index contributed by atoms with van der Waals surface area (Å²) in [7, 11) is 0. The number of hydrogen-bond donors (Lipinski definition) is 3. The smallest absolute Gasteiger partial charge is 0.279 e. The zero-order valence-electron chi connectivity index (χ0n) is 17.4. The van der Waals surface area contributed by atoms with Gasteiger partial charge in [-0.1, -0.05) is 49.4 Å². The number of anilines is 1. The number of benzene rings is 2. The minimum absolute atomic E-state index is 0.0443. The third kappa shape index (κ3) is 4.32. The third-order valence-electron chi connectivity index (χ3n) is 5.62. The molecule has 0 fully saturated rings. The van der Waals surface area contributed by atoms with Crippen LogP contribution in [0.2, 0.25) is 0 Å². The summed E-state index contributed by atoms with van der Waals surface area (Å²) in [5.41, 5.74) is 5.69. The molecule has 30 heavy (non-hydrogen) atoms. The lowest BCUT2D eigenvalue weighted by Gasteiger charge is -2.15. The van der Waals surface area contributed by atoms with Crippen LogP contribution in [0.25, 0.3) is 10.9 Å². The van der Waals surface area contributed by atoms with Crippen LogP contribution >= 0.6 is 11.3 Å². The van der Waals surface area contributed by atoms with E-state index in [4.69, 9.17) is 0 Å². The zero-order valence-corrected chi connectivity index (χ0v) is 18.3. The van der Waals surface area contributed by atoms with Gasteiger partial charge in [0.25, 0.3) is 5.91 Å². The fourth-order valence-corrected chi connectivity index (χ4v) is 4.90. The number of aromatic nitrogens is 1. The SMILES string of the molecule is CCc1cccc(C)c1NC(=O)C[NH2+]C[C@@H](c1cccs1)c1c[nH]c2ccccc12. The van der Waals surface area contributed by atoms with Gasteiger partial charge in [-0.3, -0.25) is 4.79 Å². The number of para-hydroxylation sites is 2. The van der Waals surface area contributed by atoms with Gasteiger partial charge in [0.15, 0.2) is 6.54 Å². The van der Waals surface area contributed by atoms with Crippen molar-refractivity contribution in [2.24, 2.45) is 0 Å². The number of carbonyl (C=O) groups excluding carboxylic acids is 1. The number of nitrogens with one attached hydrogen (secondary N) is 2. The van der Waals surface area contributed by atoms with Crippen molar-refractivity contribution < 1.29 is 10.1 Å². The molecule has 0 aliphatic carbocycles. The van der Waals surface area contributed by atoms with Gasteiger partial charge in [0.05, 0.1) is 12.5 Å². The molecular weight excluding hydrogens is 390 g/mol. The number of aromatic amines is 1. The number of carbonyl (C=O) groups is 1. The molecule has 4 aromatic rings. The Morgan fingerprint density at radius 2 is 2.00 bits per heavy atom. The molecule has 0 aliphatic rings. The van der Waals surface area contributed by atoms with Gasteiger partial charge in [0, 0.05) is 27.7 Å². The molecule has 1 atom stereocenters. The van der Waals surface area contributed by atoms with Gasteiger partial charge >= 0.3 is 0 Å². The van der Waals surface area contributed by atoms with Crippen LogP contribution in [-0.4, -0.2) is 24.0 Å². The summed E-state index contributed by atoms with van der Waals surface area (Å²) in [6.45, 7) is 5.39. The average Bonchev–Trinajstić information content (AvgIpc) is 3.43. The van der Waals surface area contributed by atoms with Crippen molar-refractivity contribution in [3.05, 3.63) is 87.7 Å². The number of quaternary nitrogens is 1. The maximum atomic E-state index is 12.7. The standard InChI is InChI=1S/C25H27N3OS/c1-3-18-9-6-8-17(2)25(18)28-24(29)16-26-14-21(23-12-7-13-30-23)20-15-27-22-11-5-4-10-19(20)22/h4-13,15,21,26-27H,3,14,16H2,1-2H3,(H,28,29)/p+1/t21-/m1/s1. The molecule has 4 nitrogen and oxygen atoms in total. The highest BCUT2D eigenvalue weighted by Gasteiger charge is 2.21. The topological polar surface area (TPSA) is 61.5 Å². The number of aryl methyl sites for hydroxylation is 2. The number of thiophene rings is 1. The van der Waals surface area contributed by atoms with E-state index >= 15 is 0 Å². The van der Waals surface area contributed by atoms with E-state index in [1.807, 2.05) is 19.1 Å². The summed E-state index contributed by atoms with van der Waals surface area (Å²) in [4.78, 5) is 17.4. The van der Waals surface area contributed by atoms with Crippen LogP contribution in [0.15, 0.2) is 66.2 Å². The molecule has 1 amide bonds. The van der Waals surface area contributed by atoms with Gasteiger partial charge < -0.3 is 15.6 Å². The van der Waals surface area contributed by atoms with E-state index in [1.54, 1.807) is 11.3 Å². The van der Waals surface area contributed by atoms with Crippen LogP contribution in [0.4, 0.5) is 5.69 Å². The lowest BCUT2D eigenvalue weighted by atomic mass is 9.96. The van der Waals surface area contributed by atoms with Gasteiger partial charge in [-0.25, -0.2) is 0 Å². The minimum Gasteiger partial charge on any atom is -0.361 e. The Bertz CT molecular complexity index is 1130. The summed E-state index contributed by atoms with van der Waals surface area (Å²) < 4.78 is 0. The Labute approximate surface area is 181 Å². The highest BCUT2D eigenvalue weighted by atomic mass is 32.1. The highest BCUT2D eigenvalue weighted by Crippen LogP contribution is 2.32. The molecule has 4 N–H and O–H groups in total. The first-order chi connectivity index (χ1) is 14.7. The number of rotatable bonds is 8. The predicted molar refractivity (Wildman–Crippen MR) is 125 cm³/mol. The molecule has 2 aromatic carbocycles. The summed E-state index contributed by atoms with van der Waals surface area (Å²) in [6, 6.07) is 18.9. The van der Waals surface area contributed by atoms with Crippen molar-refractivity contribution in [3.8, 4) is 0 Å². The Morgan fingerprint density at radius 3 is 2.80 bits per heavy atom. The number of fused-ring (bicyclic) bond motifs is 1. The fourth-order valence-electron chi connectivity index (χ4n) is 4.04. The number of nitrogens with two attached hydrogens (primary N) is 1. The van der Waals surface area contributed by atoms with Crippen LogP contribution in [-0.2, 0) is 11.2 Å². The van der Waals surface area contributed by atoms with Crippen molar-refractivity contribution in [1.29, 1.82) is 0 Å². The molecule has 2 heterocycles. The number of H-pyrrole nitrogens is 1. The fraction of sp³-hybridized carbons (Fsp3) is 0.240. The molecule has 0 aliphatic heterocycles. The van der Waals surface area contributed by atoms with Crippen molar-refractivity contribution >= 4 is 33.8 Å². The predicted octanol–water partition coefficient (Wildman–Crippen LogP) is 4.43. The molecule has 0 radical (unpaired) electrons. The lowest BCUT2D eigenvalue weighted by Crippen LogP contribution is -2.87. The van der Waals surface area contributed by atoms with Gasteiger partial charge in [-0.05, 0) is 47.5 Å². The minimum atomic E-state index is 0.0443. The maximum Gasteiger partial charge on any atom is 0.279 e. The summed E-state index contributed by atoms with van der Waals surface area (Å²) in [5, 5.41) is 8.62. The molecule has 5 heteroatoms. The number of amides is 1.